The first-order valence-electron chi connectivity index (χ1n) is 7.64. The molecule has 0 aliphatic carbocycles. The third-order valence-electron chi connectivity index (χ3n) is 3.90. The maximum Gasteiger partial charge on any atom is 0.260 e. The van der Waals surface area contributed by atoms with E-state index in [0.717, 1.165) is 15.2 Å². The highest BCUT2D eigenvalue weighted by Crippen LogP contribution is 2.29. The molecule has 1 atom stereocenters. The molecule has 0 bridgehead atoms. The third kappa shape index (κ3) is 4.06. The number of halogens is 2. The Bertz CT molecular complexity index is 880. The highest BCUT2D eigenvalue weighted by molar-refractivity contribution is 7.18. The summed E-state index contributed by atoms with van der Waals surface area (Å²) >= 11 is 13.4. The summed E-state index contributed by atoms with van der Waals surface area (Å²) in [7, 11) is 1.75. The molecule has 0 radical (unpaired) electrons. The molecule has 25 heavy (non-hydrogen) atoms. The molecule has 0 unspecified atom stereocenters. The largest absolute Gasteiger partial charge is 0.484 e. The quantitative estimate of drug-likeness (QED) is 0.596. The molecule has 1 heterocycles. The Morgan fingerprint density at radius 3 is 2.72 bits per heavy atom. The topological polar surface area (TPSA) is 42.4 Å². The van der Waals surface area contributed by atoms with Gasteiger partial charge in [0.25, 0.3) is 5.91 Å². The smallest absolute Gasteiger partial charge is 0.260 e. The van der Waals surface area contributed by atoms with Gasteiger partial charge in [0.2, 0.25) is 0 Å². The number of hydrogen-bond acceptors (Lipinski definition) is 4. The second-order valence-corrected chi connectivity index (χ2v) is 7.44. The number of carbonyl (C=O) groups is 1. The molecule has 7 heteroatoms. The monoisotopic (exact) mass is 394 g/mol. The van der Waals surface area contributed by atoms with Crippen LogP contribution in [0.25, 0.3) is 10.2 Å². The summed E-state index contributed by atoms with van der Waals surface area (Å²) in [5, 5.41) is 1.73. The molecule has 1 amide bonds. The molecule has 4 nitrogen and oxygen atoms in total. The standard InChI is InChI=1S/C18H16Cl2N2O2S/c1-11(18-21-15-5-3-4-6-16(15)25-18)22(2)17(23)10-24-12-7-8-13(19)14(20)9-12/h3-9,11H,10H2,1-2H3/t11-/m1/s1. The SMILES string of the molecule is C[C@H](c1nc2ccccc2s1)N(C)C(=O)COc1ccc(Cl)c(Cl)c1. The van der Waals surface area contributed by atoms with Gasteiger partial charge >= 0.3 is 0 Å². The zero-order valence-corrected chi connectivity index (χ0v) is 16.0. The highest BCUT2D eigenvalue weighted by Gasteiger charge is 2.21. The summed E-state index contributed by atoms with van der Waals surface area (Å²) in [4.78, 5) is 18.7. The summed E-state index contributed by atoms with van der Waals surface area (Å²) in [5.41, 5.74) is 0.947. The Morgan fingerprint density at radius 1 is 1.24 bits per heavy atom. The number of amides is 1. The van der Waals surface area contributed by atoms with E-state index in [9.17, 15) is 4.79 Å². The van der Waals surface area contributed by atoms with Crippen LogP contribution in [-0.2, 0) is 4.79 Å². The molecule has 0 saturated carbocycles. The maximum absolute atomic E-state index is 12.4. The molecule has 0 spiro atoms. The number of rotatable bonds is 5. The minimum Gasteiger partial charge on any atom is -0.484 e. The van der Waals surface area contributed by atoms with Gasteiger partial charge in [0, 0.05) is 13.1 Å². The molecular weight excluding hydrogens is 379 g/mol. The second kappa shape index (κ2) is 7.60. The number of fused-ring (bicyclic) bond motifs is 1. The highest BCUT2D eigenvalue weighted by atomic mass is 35.5. The van der Waals surface area contributed by atoms with E-state index in [1.807, 2.05) is 31.2 Å². The fourth-order valence-electron chi connectivity index (χ4n) is 2.26. The van der Waals surface area contributed by atoms with Crippen LogP contribution in [-0.4, -0.2) is 29.4 Å². The van der Waals surface area contributed by atoms with E-state index in [1.54, 1.807) is 41.5 Å². The van der Waals surface area contributed by atoms with Gasteiger partial charge in [-0.3, -0.25) is 4.79 Å². The van der Waals surface area contributed by atoms with Crippen LogP contribution in [0.2, 0.25) is 10.0 Å². The second-order valence-electron chi connectivity index (χ2n) is 5.57. The molecule has 0 aliphatic heterocycles. The van der Waals surface area contributed by atoms with E-state index < -0.39 is 0 Å². The number of likely N-dealkylation sites (N-methyl/N-ethyl adjacent to an activating group) is 1. The number of ether oxygens (including phenoxy) is 1. The van der Waals surface area contributed by atoms with Crippen LogP contribution in [0.1, 0.15) is 18.0 Å². The minimum absolute atomic E-state index is 0.0797. The van der Waals surface area contributed by atoms with E-state index in [-0.39, 0.29) is 18.6 Å². The molecule has 3 rings (SSSR count). The van der Waals surface area contributed by atoms with Gasteiger partial charge in [-0.2, -0.15) is 0 Å². The summed E-state index contributed by atoms with van der Waals surface area (Å²) in [6.45, 7) is 1.87. The van der Waals surface area contributed by atoms with Crippen molar-refractivity contribution >= 4 is 50.7 Å². The van der Waals surface area contributed by atoms with Crippen LogP contribution >= 0.6 is 34.5 Å². The van der Waals surface area contributed by atoms with Gasteiger partial charge in [0.1, 0.15) is 10.8 Å². The van der Waals surface area contributed by atoms with Gasteiger partial charge < -0.3 is 9.64 Å². The van der Waals surface area contributed by atoms with E-state index >= 15 is 0 Å². The van der Waals surface area contributed by atoms with Crippen LogP contribution in [0, 0.1) is 0 Å². The van der Waals surface area contributed by atoms with E-state index in [1.165, 1.54) is 0 Å². The van der Waals surface area contributed by atoms with E-state index in [2.05, 4.69) is 4.98 Å². The molecule has 2 aromatic carbocycles. The Kier molecular flexibility index (Phi) is 5.47. The number of nitrogens with zero attached hydrogens (tertiary/aromatic N) is 2. The normalized spacial score (nSPS) is 12.2. The maximum atomic E-state index is 12.4. The van der Waals surface area contributed by atoms with Crippen molar-refractivity contribution in [1.29, 1.82) is 0 Å². The number of hydrogen-bond donors (Lipinski definition) is 0. The van der Waals surface area contributed by atoms with Crippen molar-refractivity contribution in [1.82, 2.24) is 9.88 Å². The molecule has 0 aliphatic rings. The van der Waals surface area contributed by atoms with Crippen molar-refractivity contribution in [2.24, 2.45) is 0 Å². The van der Waals surface area contributed by atoms with Crippen molar-refractivity contribution in [3.63, 3.8) is 0 Å². The molecule has 0 N–H and O–H groups in total. The third-order valence-corrected chi connectivity index (χ3v) is 5.84. The Labute approximate surface area is 159 Å². The van der Waals surface area contributed by atoms with Gasteiger partial charge in [0.15, 0.2) is 6.61 Å². The van der Waals surface area contributed by atoms with Gasteiger partial charge in [-0.15, -0.1) is 11.3 Å². The zero-order chi connectivity index (χ0) is 18.0. The summed E-state index contributed by atoms with van der Waals surface area (Å²) in [6.07, 6.45) is 0. The lowest BCUT2D eigenvalue weighted by Crippen LogP contribution is -2.33. The number of benzene rings is 2. The van der Waals surface area contributed by atoms with Gasteiger partial charge in [-0.1, -0.05) is 35.3 Å². The molecular formula is C18H16Cl2N2O2S. The van der Waals surface area contributed by atoms with Crippen molar-refractivity contribution in [3.8, 4) is 5.75 Å². The Hall–Kier alpha value is -1.82. The van der Waals surface area contributed by atoms with Gasteiger partial charge in [-0.05, 0) is 31.2 Å². The van der Waals surface area contributed by atoms with Crippen molar-refractivity contribution in [2.45, 2.75) is 13.0 Å². The van der Waals surface area contributed by atoms with Crippen LogP contribution in [0.3, 0.4) is 0 Å². The number of aromatic nitrogens is 1. The molecule has 0 fully saturated rings. The number of carbonyl (C=O) groups excluding carboxylic acids is 1. The molecule has 1 aromatic heterocycles. The van der Waals surface area contributed by atoms with Gasteiger partial charge in [-0.25, -0.2) is 4.98 Å². The minimum atomic E-state index is -0.141. The zero-order valence-electron chi connectivity index (χ0n) is 13.7. The first-order chi connectivity index (χ1) is 12.0. The first kappa shape index (κ1) is 18.0. The van der Waals surface area contributed by atoms with Crippen molar-refractivity contribution < 1.29 is 9.53 Å². The number of para-hydroxylation sites is 1. The van der Waals surface area contributed by atoms with Crippen LogP contribution in [0.4, 0.5) is 0 Å². The molecule has 0 saturated heterocycles. The van der Waals surface area contributed by atoms with Crippen molar-refractivity contribution in [2.75, 3.05) is 13.7 Å². The van der Waals surface area contributed by atoms with Crippen molar-refractivity contribution in [3.05, 3.63) is 57.5 Å². The lowest BCUT2D eigenvalue weighted by molar-refractivity contribution is -0.134. The van der Waals surface area contributed by atoms with E-state index in [0.29, 0.717) is 15.8 Å². The van der Waals surface area contributed by atoms with Crippen LogP contribution < -0.4 is 4.74 Å². The fraction of sp³-hybridized carbons (Fsp3) is 0.222. The Morgan fingerprint density at radius 2 is 2.00 bits per heavy atom. The summed E-state index contributed by atoms with van der Waals surface area (Å²) in [6, 6.07) is 12.7. The van der Waals surface area contributed by atoms with Gasteiger partial charge in [0.05, 0.1) is 26.3 Å². The average Bonchev–Trinajstić information content (AvgIpc) is 3.05. The van der Waals surface area contributed by atoms with Crippen LogP contribution in [0.15, 0.2) is 42.5 Å². The lowest BCUT2D eigenvalue weighted by Gasteiger charge is -2.23. The predicted octanol–water partition coefficient (Wildman–Crippen LogP) is 5.20. The number of thiazole rings is 1. The van der Waals surface area contributed by atoms with E-state index in [4.69, 9.17) is 27.9 Å². The fourth-order valence-corrected chi connectivity index (χ4v) is 3.61. The predicted molar refractivity (Wildman–Crippen MR) is 103 cm³/mol. The molecule has 3 aromatic rings. The molecule has 130 valence electrons. The summed E-state index contributed by atoms with van der Waals surface area (Å²) < 4.78 is 6.63. The summed E-state index contributed by atoms with van der Waals surface area (Å²) in [5.74, 6) is 0.363. The average molecular weight is 395 g/mol. The first-order valence-corrected chi connectivity index (χ1v) is 9.22. The Balaban J connectivity index is 1.65. The lowest BCUT2D eigenvalue weighted by atomic mass is 10.3. The van der Waals surface area contributed by atoms with Crippen LogP contribution in [0.5, 0.6) is 5.75 Å².